The minimum atomic E-state index is -0.524. The molecule has 0 aromatic heterocycles. The third-order valence-electron chi connectivity index (χ3n) is 2.39. The molecule has 1 N–H and O–H groups in total. The summed E-state index contributed by atoms with van der Waals surface area (Å²) in [7, 11) is 0. The van der Waals surface area contributed by atoms with Gasteiger partial charge in [-0.15, -0.1) is 0 Å². The largest absolute Gasteiger partial charge is 0.289 e. The SMILES string of the molecule is CC1=CC(OO)c2ccccc2C1=O. The molecule has 1 aliphatic carbocycles. The number of hydrogen-bond donors (Lipinski definition) is 1. The van der Waals surface area contributed by atoms with Gasteiger partial charge >= 0.3 is 0 Å². The van der Waals surface area contributed by atoms with Gasteiger partial charge < -0.3 is 0 Å². The van der Waals surface area contributed by atoms with Gasteiger partial charge in [0.05, 0.1) is 0 Å². The van der Waals surface area contributed by atoms with Crippen LogP contribution in [-0.2, 0) is 4.89 Å². The lowest BCUT2D eigenvalue weighted by Gasteiger charge is -2.19. The first kappa shape index (κ1) is 9.12. The van der Waals surface area contributed by atoms with Crippen LogP contribution in [0.5, 0.6) is 0 Å². The number of Topliss-reactive ketones (excluding diaryl/α,β-unsaturated/α-hetero) is 1. The molecule has 14 heavy (non-hydrogen) atoms. The fourth-order valence-electron chi connectivity index (χ4n) is 1.64. The Balaban J connectivity index is 2.57. The van der Waals surface area contributed by atoms with E-state index in [1.165, 1.54) is 0 Å². The average molecular weight is 190 g/mol. The number of carbonyl (C=O) groups is 1. The summed E-state index contributed by atoms with van der Waals surface area (Å²) in [6, 6.07) is 7.12. The number of benzene rings is 1. The van der Waals surface area contributed by atoms with Gasteiger partial charge in [-0.05, 0) is 24.1 Å². The molecule has 0 fully saturated rings. The van der Waals surface area contributed by atoms with Crippen LogP contribution in [0, 0.1) is 0 Å². The Morgan fingerprint density at radius 1 is 1.36 bits per heavy atom. The smallest absolute Gasteiger partial charge is 0.188 e. The molecule has 0 amide bonds. The van der Waals surface area contributed by atoms with Crippen molar-refractivity contribution in [2.75, 3.05) is 0 Å². The summed E-state index contributed by atoms with van der Waals surface area (Å²) in [4.78, 5) is 16.0. The molecule has 1 aromatic carbocycles. The monoisotopic (exact) mass is 190 g/mol. The number of allylic oxidation sites excluding steroid dienone is 1. The van der Waals surface area contributed by atoms with Gasteiger partial charge in [0, 0.05) is 5.56 Å². The normalized spacial score (nSPS) is 20.3. The number of hydrogen-bond acceptors (Lipinski definition) is 3. The molecule has 0 bridgehead atoms. The van der Waals surface area contributed by atoms with Gasteiger partial charge in [0.1, 0.15) is 6.10 Å². The topological polar surface area (TPSA) is 46.5 Å². The van der Waals surface area contributed by atoms with Crippen LogP contribution in [0.1, 0.15) is 28.9 Å². The van der Waals surface area contributed by atoms with E-state index in [0.717, 1.165) is 0 Å². The van der Waals surface area contributed by atoms with Gasteiger partial charge in [-0.25, -0.2) is 4.89 Å². The van der Waals surface area contributed by atoms with Crippen molar-refractivity contribution in [3.05, 3.63) is 47.0 Å². The summed E-state index contributed by atoms with van der Waals surface area (Å²) < 4.78 is 0. The van der Waals surface area contributed by atoms with Crippen molar-refractivity contribution in [3.8, 4) is 0 Å². The molecule has 0 radical (unpaired) electrons. The Morgan fingerprint density at radius 3 is 2.79 bits per heavy atom. The number of carbonyl (C=O) groups excluding carboxylic acids is 1. The molecule has 72 valence electrons. The lowest BCUT2D eigenvalue weighted by Crippen LogP contribution is -2.15. The Morgan fingerprint density at radius 2 is 2.07 bits per heavy atom. The van der Waals surface area contributed by atoms with Crippen molar-refractivity contribution in [1.82, 2.24) is 0 Å². The first-order valence-electron chi connectivity index (χ1n) is 4.36. The predicted octanol–water partition coefficient (Wildman–Crippen LogP) is 2.36. The predicted molar refractivity (Wildman–Crippen MR) is 51.0 cm³/mol. The van der Waals surface area contributed by atoms with Crippen molar-refractivity contribution >= 4 is 5.78 Å². The van der Waals surface area contributed by atoms with Crippen LogP contribution in [0.25, 0.3) is 0 Å². The number of rotatable bonds is 1. The van der Waals surface area contributed by atoms with E-state index < -0.39 is 6.10 Å². The van der Waals surface area contributed by atoms with E-state index in [-0.39, 0.29) is 5.78 Å². The molecule has 2 rings (SSSR count). The second kappa shape index (κ2) is 3.36. The lowest BCUT2D eigenvalue weighted by atomic mass is 9.89. The van der Waals surface area contributed by atoms with Crippen LogP contribution < -0.4 is 0 Å². The van der Waals surface area contributed by atoms with E-state index in [9.17, 15) is 4.79 Å². The maximum Gasteiger partial charge on any atom is 0.188 e. The summed E-state index contributed by atoms with van der Waals surface area (Å²) >= 11 is 0. The van der Waals surface area contributed by atoms with Crippen LogP contribution in [0.3, 0.4) is 0 Å². The molecule has 0 spiro atoms. The first-order chi connectivity index (χ1) is 6.74. The highest BCUT2D eigenvalue weighted by Crippen LogP contribution is 2.29. The summed E-state index contributed by atoms with van der Waals surface area (Å²) in [5.41, 5.74) is 1.92. The van der Waals surface area contributed by atoms with Gasteiger partial charge in [-0.1, -0.05) is 24.3 Å². The average Bonchev–Trinajstić information content (AvgIpc) is 2.23. The Hall–Kier alpha value is -1.45. The highest BCUT2D eigenvalue weighted by atomic mass is 17.1. The maximum atomic E-state index is 11.7. The minimum Gasteiger partial charge on any atom is -0.289 e. The molecule has 3 heteroatoms. The second-order valence-corrected chi connectivity index (χ2v) is 3.29. The molecule has 0 aliphatic heterocycles. The van der Waals surface area contributed by atoms with Gasteiger partial charge in [0.25, 0.3) is 0 Å². The Bertz CT molecular complexity index is 407. The lowest BCUT2D eigenvalue weighted by molar-refractivity contribution is -0.269. The molecule has 1 unspecified atom stereocenters. The maximum absolute atomic E-state index is 11.7. The molecule has 0 saturated carbocycles. The molecule has 1 aliphatic rings. The van der Waals surface area contributed by atoms with E-state index in [2.05, 4.69) is 4.89 Å². The third kappa shape index (κ3) is 1.27. The highest BCUT2D eigenvalue weighted by molar-refractivity contribution is 6.10. The van der Waals surface area contributed by atoms with Crippen LogP contribution in [0.4, 0.5) is 0 Å². The van der Waals surface area contributed by atoms with Crippen molar-refractivity contribution in [2.24, 2.45) is 0 Å². The fourth-order valence-corrected chi connectivity index (χ4v) is 1.64. The first-order valence-corrected chi connectivity index (χ1v) is 4.36. The third-order valence-corrected chi connectivity index (χ3v) is 2.39. The van der Waals surface area contributed by atoms with E-state index in [4.69, 9.17) is 5.26 Å². The Kier molecular flexibility index (Phi) is 2.19. The second-order valence-electron chi connectivity index (χ2n) is 3.29. The molecule has 0 saturated heterocycles. The highest BCUT2D eigenvalue weighted by Gasteiger charge is 2.24. The van der Waals surface area contributed by atoms with Gasteiger partial charge in [0.2, 0.25) is 0 Å². The van der Waals surface area contributed by atoms with Crippen molar-refractivity contribution in [2.45, 2.75) is 13.0 Å². The fraction of sp³-hybridized carbons (Fsp3) is 0.182. The van der Waals surface area contributed by atoms with Crippen LogP contribution >= 0.6 is 0 Å². The zero-order valence-electron chi connectivity index (χ0n) is 7.73. The molecule has 0 heterocycles. The molecule has 1 aromatic rings. The van der Waals surface area contributed by atoms with E-state index in [1.54, 1.807) is 31.2 Å². The molecular formula is C11H10O3. The summed E-state index contributed by atoms with van der Waals surface area (Å²) in [6.45, 7) is 1.71. The summed E-state index contributed by atoms with van der Waals surface area (Å²) in [6.07, 6.45) is 1.09. The summed E-state index contributed by atoms with van der Waals surface area (Å²) in [5.74, 6) is -0.00565. The standard InChI is InChI=1S/C11H10O3/c1-7-6-10(14-13)8-4-2-3-5-9(8)11(7)12/h2-6,10,13H,1H3. The van der Waals surface area contributed by atoms with Crippen LogP contribution in [0.2, 0.25) is 0 Å². The van der Waals surface area contributed by atoms with Crippen LogP contribution in [-0.4, -0.2) is 11.0 Å². The number of ketones is 1. The van der Waals surface area contributed by atoms with Crippen molar-refractivity contribution in [3.63, 3.8) is 0 Å². The Labute approximate surface area is 81.6 Å². The minimum absolute atomic E-state index is 0.00565. The quantitative estimate of drug-likeness (QED) is 0.546. The zero-order valence-corrected chi connectivity index (χ0v) is 7.73. The van der Waals surface area contributed by atoms with Gasteiger partial charge in [0.15, 0.2) is 5.78 Å². The molecular weight excluding hydrogens is 180 g/mol. The van der Waals surface area contributed by atoms with Gasteiger partial charge in [-0.2, -0.15) is 0 Å². The number of fused-ring (bicyclic) bond motifs is 1. The van der Waals surface area contributed by atoms with E-state index in [1.807, 2.05) is 6.07 Å². The molecule has 1 atom stereocenters. The van der Waals surface area contributed by atoms with E-state index in [0.29, 0.717) is 16.7 Å². The van der Waals surface area contributed by atoms with E-state index >= 15 is 0 Å². The summed E-state index contributed by atoms with van der Waals surface area (Å²) in [5, 5.41) is 8.69. The van der Waals surface area contributed by atoms with Gasteiger partial charge in [-0.3, -0.25) is 10.1 Å². The van der Waals surface area contributed by atoms with Crippen LogP contribution in [0.15, 0.2) is 35.9 Å². The van der Waals surface area contributed by atoms with Crippen molar-refractivity contribution < 1.29 is 14.9 Å². The zero-order chi connectivity index (χ0) is 10.1. The molecule has 3 nitrogen and oxygen atoms in total. The van der Waals surface area contributed by atoms with Crippen molar-refractivity contribution in [1.29, 1.82) is 0 Å².